The Kier molecular flexibility index (Phi) is 6.72. The SMILES string of the molecule is CC(C)COc1cccc(/C(O)=C2/C(=O)C(=O)N(Cc3ccncc3)C2c2ccc(F)cc2)c1. The lowest BCUT2D eigenvalue weighted by atomic mass is 9.95. The number of amides is 1. The molecule has 1 aromatic heterocycles. The lowest BCUT2D eigenvalue weighted by Gasteiger charge is -2.25. The number of ether oxygens (including phenoxy) is 1. The highest BCUT2D eigenvalue weighted by atomic mass is 19.1. The van der Waals surface area contributed by atoms with Crippen LogP contribution in [0.15, 0.2) is 78.6 Å². The van der Waals surface area contributed by atoms with E-state index in [1.807, 2.05) is 13.8 Å². The van der Waals surface area contributed by atoms with Gasteiger partial charge in [0, 0.05) is 24.5 Å². The van der Waals surface area contributed by atoms with Crippen LogP contribution in [-0.2, 0) is 16.1 Å². The molecule has 1 aliphatic rings. The normalized spacial score (nSPS) is 17.4. The Bertz CT molecular complexity index is 1220. The first-order valence-electron chi connectivity index (χ1n) is 11.0. The summed E-state index contributed by atoms with van der Waals surface area (Å²) in [5, 5.41) is 11.2. The molecule has 1 unspecified atom stereocenters. The molecule has 1 saturated heterocycles. The Morgan fingerprint density at radius 2 is 1.79 bits per heavy atom. The molecule has 1 fully saturated rings. The maximum Gasteiger partial charge on any atom is 0.295 e. The standard InChI is InChI=1S/C27H25FN2O4/c1-17(2)16-34-22-5-3-4-20(14-22)25(31)23-24(19-6-8-21(28)9-7-19)30(27(33)26(23)32)15-18-10-12-29-13-11-18/h3-14,17,24,31H,15-16H2,1-2H3/b25-23-. The summed E-state index contributed by atoms with van der Waals surface area (Å²) in [6.45, 7) is 4.67. The van der Waals surface area contributed by atoms with E-state index in [9.17, 15) is 19.1 Å². The molecular weight excluding hydrogens is 435 g/mol. The van der Waals surface area contributed by atoms with Gasteiger partial charge in [0.2, 0.25) is 0 Å². The number of pyridine rings is 1. The fourth-order valence-corrected chi connectivity index (χ4v) is 3.87. The molecule has 3 aromatic rings. The first-order valence-corrected chi connectivity index (χ1v) is 11.0. The van der Waals surface area contributed by atoms with E-state index in [1.165, 1.54) is 29.2 Å². The molecule has 0 aliphatic carbocycles. The molecule has 1 N–H and O–H groups in total. The van der Waals surface area contributed by atoms with Gasteiger partial charge < -0.3 is 14.7 Å². The summed E-state index contributed by atoms with van der Waals surface area (Å²) in [5.74, 6) is -1.42. The first-order chi connectivity index (χ1) is 16.3. The smallest absolute Gasteiger partial charge is 0.295 e. The number of carbonyl (C=O) groups is 2. The van der Waals surface area contributed by atoms with Crippen molar-refractivity contribution in [2.24, 2.45) is 5.92 Å². The van der Waals surface area contributed by atoms with Crippen LogP contribution in [0, 0.1) is 11.7 Å². The number of halogens is 1. The number of likely N-dealkylation sites (tertiary alicyclic amines) is 1. The van der Waals surface area contributed by atoms with Crippen LogP contribution in [0.25, 0.3) is 5.76 Å². The molecule has 0 bridgehead atoms. The van der Waals surface area contributed by atoms with E-state index in [0.717, 1.165) is 5.56 Å². The second kappa shape index (κ2) is 9.87. The van der Waals surface area contributed by atoms with Crippen LogP contribution in [0.5, 0.6) is 5.75 Å². The van der Waals surface area contributed by atoms with Crippen LogP contribution in [0.3, 0.4) is 0 Å². The lowest BCUT2D eigenvalue weighted by Crippen LogP contribution is -2.29. The van der Waals surface area contributed by atoms with E-state index in [1.54, 1.807) is 48.8 Å². The number of hydrogen-bond acceptors (Lipinski definition) is 5. The molecule has 0 spiro atoms. The summed E-state index contributed by atoms with van der Waals surface area (Å²) in [5.41, 5.74) is 1.60. The predicted molar refractivity (Wildman–Crippen MR) is 125 cm³/mol. The number of ketones is 1. The van der Waals surface area contributed by atoms with Gasteiger partial charge in [-0.25, -0.2) is 4.39 Å². The monoisotopic (exact) mass is 460 g/mol. The summed E-state index contributed by atoms with van der Waals surface area (Å²) in [6, 6.07) is 14.9. The fourth-order valence-electron chi connectivity index (χ4n) is 3.87. The van der Waals surface area contributed by atoms with Gasteiger partial charge in [-0.15, -0.1) is 0 Å². The first kappa shape index (κ1) is 23.2. The summed E-state index contributed by atoms with van der Waals surface area (Å²) in [6.07, 6.45) is 3.20. The van der Waals surface area contributed by atoms with Gasteiger partial charge >= 0.3 is 0 Å². The van der Waals surface area contributed by atoms with Gasteiger partial charge in [0.25, 0.3) is 11.7 Å². The number of aliphatic hydroxyl groups excluding tert-OH is 1. The van der Waals surface area contributed by atoms with E-state index in [4.69, 9.17) is 4.74 Å². The molecule has 174 valence electrons. The Labute approximate surface area is 197 Å². The summed E-state index contributed by atoms with van der Waals surface area (Å²) < 4.78 is 19.4. The second-order valence-electron chi connectivity index (χ2n) is 8.57. The molecule has 1 atom stereocenters. The minimum Gasteiger partial charge on any atom is -0.507 e. The van der Waals surface area contributed by atoms with E-state index in [0.29, 0.717) is 29.4 Å². The number of carbonyl (C=O) groups excluding carboxylic acids is 2. The average molecular weight is 461 g/mol. The topological polar surface area (TPSA) is 79.7 Å². The van der Waals surface area contributed by atoms with E-state index >= 15 is 0 Å². The van der Waals surface area contributed by atoms with Crippen molar-refractivity contribution in [2.45, 2.75) is 26.4 Å². The summed E-state index contributed by atoms with van der Waals surface area (Å²) in [4.78, 5) is 31.6. The quantitative estimate of drug-likeness (QED) is 0.309. The molecule has 0 radical (unpaired) electrons. The number of nitrogens with zero attached hydrogens (tertiary/aromatic N) is 2. The van der Waals surface area contributed by atoms with Crippen molar-refractivity contribution in [2.75, 3.05) is 6.61 Å². The van der Waals surface area contributed by atoms with Crippen LogP contribution >= 0.6 is 0 Å². The average Bonchev–Trinajstić information content (AvgIpc) is 3.08. The maximum absolute atomic E-state index is 13.6. The number of hydrogen-bond donors (Lipinski definition) is 1. The zero-order valence-electron chi connectivity index (χ0n) is 18.9. The van der Waals surface area contributed by atoms with Crippen molar-refractivity contribution in [1.29, 1.82) is 0 Å². The van der Waals surface area contributed by atoms with Crippen LogP contribution in [-0.4, -0.2) is 33.3 Å². The summed E-state index contributed by atoms with van der Waals surface area (Å²) in [7, 11) is 0. The minimum atomic E-state index is -0.881. The molecule has 4 rings (SSSR count). The maximum atomic E-state index is 13.6. The highest BCUT2D eigenvalue weighted by Gasteiger charge is 2.46. The fraction of sp³-hybridized carbons (Fsp3) is 0.222. The minimum absolute atomic E-state index is 0.0494. The van der Waals surface area contributed by atoms with E-state index < -0.39 is 23.5 Å². The molecule has 1 aliphatic heterocycles. The molecule has 7 heteroatoms. The number of Topliss-reactive ketones (excluding diaryl/α,β-unsaturated/α-hetero) is 1. The van der Waals surface area contributed by atoms with Gasteiger partial charge in [-0.1, -0.05) is 38.1 Å². The predicted octanol–water partition coefficient (Wildman–Crippen LogP) is 4.88. The van der Waals surface area contributed by atoms with Gasteiger partial charge in [-0.3, -0.25) is 14.6 Å². The van der Waals surface area contributed by atoms with Crippen molar-refractivity contribution in [3.63, 3.8) is 0 Å². The third kappa shape index (κ3) is 4.83. The molecule has 34 heavy (non-hydrogen) atoms. The van der Waals surface area contributed by atoms with Gasteiger partial charge in [0.15, 0.2) is 0 Å². The largest absolute Gasteiger partial charge is 0.507 e. The van der Waals surface area contributed by atoms with Crippen LogP contribution in [0.1, 0.15) is 36.6 Å². The molecule has 6 nitrogen and oxygen atoms in total. The van der Waals surface area contributed by atoms with Gasteiger partial charge in [-0.2, -0.15) is 0 Å². The number of rotatable bonds is 7. The highest BCUT2D eigenvalue weighted by molar-refractivity contribution is 6.46. The molecule has 2 heterocycles. The third-order valence-electron chi connectivity index (χ3n) is 5.52. The zero-order valence-corrected chi connectivity index (χ0v) is 18.9. The molecule has 0 saturated carbocycles. The second-order valence-corrected chi connectivity index (χ2v) is 8.57. The number of aromatic nitrogens is 1. The molecular formula is C27H25FN2O4. The summed E-state index contributed by atoms with van der Waals surface area (Å²) >= 11 is 0. The Morgan fingerprint density at radius 1 is 1.09 bits per heavy atom. The number of aliphatic hydroxyl groups is 1. The Balaban J connectivity index is 1.79. The Hall–Kier alpha value is -4.00. The van der Waals surface area contributed by atoms with Crippen molar-refractivity contribution in [1.82, 2.24) is 9.88 Å². The van der Waals surface area contributed by atoms with E-state index in [2.05, 4.69) is 4.98 Å². The van der Waals surface area contributed by atoms with E-state index in [-0.39, 0.29) is 17.9 Å². The highest BCUT2D eigenvalue weighted by Crippen LogP contribution is 2.40. The molecule has 2 aromatic carbocycles. The van der Waals surface area contributed by atoms with Gasteiger partial charge in [0.05, 0.1) is 18.2 Å². The molecule has 1 amide bonds. The third-order valence-corrected chi connectivity index (χ3v) is 5.52. The van der Waals surface area contributed by atoms with Crippen LogP contribution < -0.4 is 4.74 Å². The zero-order chi connectivity index (χ0) is 24.2. The van der Waals surface area contributed by atoms with Gasteiger partial charge in [-0.05, 0) is 53.4 Å². The van der Waals surface area contributed by atoms with Crippen molar-refractivity contribution in [3.05, 3.63) is 101 Å². The lowest BCUT2D eigenvalue weighted by molar-refractivity contribution is -0.140. The van der Waals surface area contributed by atoms with Crippen molar-refractivity contribution < 1.29 is 23.8 Å². The van der Waals surface area contributed by atoms with Crippen molar-refractivity contribution >= 4 is 17.4 Å². The number of benzene rings is 2. The van der Waals surface area contributed by atoms with Crippen LogP contribution in [0.2, 0.25) is 0 Å². The Morgan fingerprint density at radius 3 is 2.47 bits per heavy atom. The van der Waals surface area contributed by atoms with Gasteiger partial charge in [0.1, 0.15) is 17.3 Å². The van der Waals surface area contributed by atoms with Crippen molar-refractivity contribution in [3.8, 4) is 5.75 Å². The van der Waals surface area contributed by atoms with Crippen LogP contribution in [0.4, 0.5) is 4.39 Å².